The summed E-state index contributed by atoms with van der Waals surface area (Å²) in [5.41, 5.74) is 4.00. The summed E-state index contributed by atoms with van der Waals surface area (Å²) in [6.07, 6.45) is 4.58. The van der Waals surface area contributed by atoms with Crippen LogP contribution in [0.1, 0.15) is 27.0 Å². The highest BCUT2D eigenvalue weighted by molar-refractivity contribution is 5.87. The Bertz CT molecular complexity index is 626. The lowest BCUT2D eigenvalue weighted by molar-refractivity contribution is 0.0696. The monoisotopic (exact) mass is 268 g/mol. The fourth-order valence-electron chi connectivity index (χ4n) is 2.63. The molecule has 4 nitrogen and oxygen atoms in total. The van der Waals surface area contributed by atoms with Crippen molar-refractivity contribution in [3.63, 3.8) is 0 Å². The van der Waals surface area contributed by atoms with Crippen LogP contribution in [0.5, 0.6) is 0 Å². The van der Waals surface area contributed by atoms with Crippen molar-refractivity contribution in [2.24, 2.45) is 0 Å². The summed E-state index contributed by atoms with van der Waals surface area (Å²) in [7, 11) is 0. The summed E-state index contributed by atoms with van der Waals surface area (Å²) >= 11 is 0. The van der Waals surface area contributed by atoms with Gasteiger partial charge in [-0.25, -0.2) is 4.79 Å². The Morgan fingerprint density at radius 2 is 2.00 bits per heavy atom. The molecule has 4 heteroatoms. The molecule has 1 aliphatic rings. The average Bonchev–Trinajstić information content (AvgIpc) is 2.47. The first-order valence-electron chi connectivity index (χ1n) is 6.69. The van der Waals surface area contributed by atoms with Crippen molar-refractivity contribution in [2.75, 3.05) is 6.54 Å². The molecule has 1 aromatic heterocycles. The SMILES string of the molecule is O=C(O)c1ccc2c(c1)CN(Cc1ccncc1)CC2. The van der Waals surface area contributed by atoms with Crippen LogP contribution < -0.4 is 0 Å². The number of carboxylic acids is 1. The van der Waals surface area contributed by atoms with E-state index in [-0.39, 0.29) is 0 Å². The van der Waals surface area contributed by atoms with Gasteiger partial charge in [-0.2, -0.15) is 0 Å². The van der Waals surface area contributed by atoms with E-state index in [0.717, 1.165) is 31.6 Å². The van der Waals surface area contributed by atoms with Crippen LogP contribution in [0, 0.1) is 0 Å². The van der Waals surface area contributed by atoms with Crippen LogP contribution in [0.4, 0.5) is 0 Å². The van der Waals surface area contributed by atoms with Gasteiger partial charge in [-0.15, -0.1) is 0 Å². The third-order valence-corrected chi connectivity index (χ3v) is 3.70. The van der Waals surface area contributed by atoms with E-state index in [1.807, 2.05) is 18.2 Å². The summed E-state index contributed by atoms with van der Waals surface area (Å²) in [5.74, 6) is -0.862. The highest BCUT2D eigenvalue weighted by Crippen LogP contribution is 2.21. The van der Waals surface area contributed by atoms with Crippen molar-refractivity contribution in [3.05, 3.63) is 65.0 Å². The lowest BCUT2D eigenvalue weighted by Crippen LogP contribution is -2.30. The van der Waals surface area contributed by atoms with Crippen molar-refractivity contribution >= 4 is 5.97 Å². The van der Waals surface area contributed by atoms with Crippen molar-refractivity contribution < 1.29 is 9.90 Å². The lowest BCUT2D eigenvalue weighted by atomic mass is 9.97. The number of pyridine rings is 1. The minimum absolute atomic E-state index is 0.370. The van der Waals surface area contributed by atoms with Crippen LogP contribution in [-0.2, 0) is 19.5 Å². The molecule has 2 aromatic rings. The summed E-state index contributed by atoms with van der Waals surface area (Å²) in [6.45, 7) is 2.68. The second kappa shape index (κ2) is 5.43. The van der Waals surface area contributed by atoms with Crippen LogP contribution in [0.15, 0.2) is 42.7 Å². The Morgan fingerprint density at radius 3 is 2.75 bits per heavy atom. The minimum atomic E-state index is -0.862. The molecule has 0 saturated carbocycles. The van der Waals surface area contributed by atoms with Gasteiger partial charge in [0, 0.05) is 32.0 Å². The first kappa shape index (κ1) is 12.8. The van der Waals surface area contributed by atoms with Gasteiger partial charge in [0.1, 0.15) is 0 Å². The van der Waals surface area contributed by atoms with Gasteiger partial charge in [-0.05, 0) is 47.4 Å². The second-order valence-electron chi connectivity index (χ2n) is 5.10. The van der Waals surface area contributed by atoms with Gasteiger partial charge in [0.05, 0.1) is 5.56 Å². The molecule has 0 radical (unpaired) electrons. The molecule has 0 saturated heterocycles. The van der Waals surface area contributed by atoms with E-state index in [0.29, 0.717) is 5.56 Å². The van der Waals surface area contributed by atoms with Crippen molar-refractivity contribution in [3.8, 4) is 0 Å². The number of aromatic nitrogens is 1. The zero-order chi connectivity index (χ0) is 13.9. The largest absolute Gasteiger partial charge is 0.478 e. The van der Waals surface area contributed by atoms with E-state index < -0.39 is 5.97 Å². The number of rotatable bonds is 3. The third kappa shape index (κ3) is 2.70. The quantitative estimate of drug-likeness (QED) is 0.928. The molecule has 0 fully saturated rings. The second-order valence-corrected chi connectivity index (χ2v) is 5.10. The molecule has 0 spiro atoms. The summed E-state index contributed by atoms with van der Waals surface area (Å²) in [5, 5.41) is 9.07. The number of fused-ring (bicyclic) bond motifs is 1. The number of benzene rings is 1. The lowest BCUT2D eigenvalue weighted by Gasteiger charge is -2.29. The van der Waals surface area contributed by atoms with E-state index in [4.69, 9.17) is 5.11 Å². The summed E-state index contributed by atoms with van der Waals surface area (Å²) < 4.78 is 0. The van der Waals surface area contributed by atoms with Crippen molar-refractivity contribution in [1.29, 1.82) is 0 Å². The van der Waals surface area contributed by atoms with E-state index in [1.54, 1.807) is 24.5 Å². The fourth-order valence-corrected chi connectivity index (χ4v) is 2.63. The maximum absolute atomic E-state index is 11.0. The molecule has 1 N–H and O–H groups in total. The van der Waals surface area contributed by atoms with Gasteiger partial charge in [-0.1, -0.05) is 6.07 Å². The predicted octanol–water partition coefficient (Wildman–Crippen LogP) is 2.34. The molecule has 1 aromatic carbocycles. The predicted molar refractivity (Wildman–Crippen MR) is 75.5 cm³/mol. The fraction of sp³-hybridized carbons (Fsp3) is 0.250. The van der Waals surface area contributed by atoms with Crippen LogP contribution >= 0.6 is 0 Å². The number of hydrogen-bond donors (Lipinski definition) is 1. The van der Waals surface area contributed by atoms with E-state index in [9.17, 15) is 4.79 Å². The third-order valence-electron chi connectivity index (χ3n) is 3.70. The Hall–Kier alpha value is -2.20. The van der Waals surface area contributed by atoms with Gasteiger partial charge in [-0.3, -0.25) is 9.88 Å². The molecule has 0 aliphatic carbocycles. The number of hydrogen-bond acceptors (Lipinski definition) is 3. The first-order valence-corrected chi connectivity index (χ1v) is 6.69. The van der Waals surface area contributed by atoms with Gasteiger partial charge < -0.3 is 5.11 Å². The molecule has 20 heavy (non-hydrogen) atoms. The van der Waals surface area contributed by atoms with Gasteiger partial charge in [0.25, 0.3) is 0 Å². The van der Waals surface area contributed by atoms with Gasteiger partial charge >= 0.3 is 5.97 Å². The summed E-state index contributed by atoms with van der Waals surface area (Å²) in [6, 6.07) is 9.48. The molecule has 102 valence electrons. The van der Waals surface area contributed by atoms with E-state index in [2.05, 4.69) is 9.88 Å². The normalized spacial score (nSPS) is 14.8. The van der Waals surface area contributed by atoms with E-state index in [1.165, 1.54) is 11.1 Å². The van der Waals surface area contributed by atoms with Crippen LogP contribution in [-0.4, -0.2) is 27.5 Å². The number of nitrogens with zero attached hydrogens (tertiary/aromatic N) is 2. The van der Waals surface area contributed by atoms with Crippen LogP contribution in [0.25, 0.3) is 0 Å². The zero-order valence-electron chi connectivity index (χ0n) is 11.1. The topological polar surface area (TPSA) is 53.4 Å². The smallest absolute Gasteiger partial charge is 0.335 e. The van der Waals surface area contributed by atoms with Crippen molar-refractivity contribution in [2.45, 2.75) is 19.5 Å². The van der Waals surface area contributed by atoms with E-state index >= 15 is 0 Å². The Kier molecular flexibility index (Phi) is 3.48. The Balaban J connectivity index is 1.77. The highest BCUT2D eigenvalue weighted by atomic mass is 16.4. The minimum Gasteiger partial charge on any atom is -0.478 e. The molecular formula is C16H16N2O2. The van der Waals surface area contributed by atoms with Crippen LogP contribution in [0.2, 0.25) is 0 Å². The molecule has 0 amide bonds. The van der Waals surface area contributed by atoms with Crippen LogP contribution in [0.3, 0.4) is 0 Å². The molecule has 3 rings (SSSR count). The number of carboxylic acid groups (broad SMARTS) is 1. The molecule has 0 unspecified atom stereocenters. The Morgan fingerprint density at radius 1 is 1.20 bits per heavy atom. The van der Waals surface area contributed by atoms with Gasteiger partial charge in [0.15, 0.2) is 0 Å². The summed E-state index contributed by atoms with van der Waals surface area (Å²) in [4.78, 5) is 17.4. The highest BCUT2D eigenvalue weighted by Gasteiger charge is 2.17. The molecule has 2 heterocycles. The maximum Gasteiger partial charge on any atom is 0.335 e. The first-order chi connectivity index (χ1) is 9.72. The molecule has 0 bridgehead atoms. The Labute approximate surface area is 117 Å². The average molecular weight is 268 g/mol. The molecule has 0 atom stereocenters. The zero-order valence-corrected chi connectivity index (χ0v) is 11.1. The number of aromatic carboxylic acids is 1. The standard InChI is InChI=1S/C16H16N2O2/c19-16(20)14-2-1-13-5-8-18(11-15(13)9-14)10-12-3-6-17-7-4-12/h1-4,6-7,9H,5,8,10-11H2,(H,19,20). The maximum atomic E-state index is 11.0. The number of carbonyl (C=O) groups is 1. The molecular weight excluding hydrogens is 252 g/mol. The van der Waals surface area contributed by atoms with Gasteiger partial charge in [0.2, 0.25) is 0 Å². The molecule has 1 aliphatic heterocycles. The van der Waals surface area contributed by atoms with Crippen molar-refractivity contribution in [1.82, 2.24) is 9.88 Å².